The lowest BCUT2D eigenvalue weighted by Crippen LogP contribution is -2.69. The fraction of sp³-hybridized carbons (Fsp3) is 0.867. The zero-order valence-corrected chi connectivity index (χ0v) is 13.7. The van der Waals surface area contributed by atoms with Crippen LogP contribution in [-0.4, -0.2) is 96.0 Å². The van der Waals surface area contributed by atoms with E-state index in [1.165, 1.54) is 6.26 Å². The number of ether oxygens (including phenoxy) is 3. The van der Waals surface area contributed by atoms with Gasteiger partial charge in [0.2, 0.25) is 18.4 Å². The van der Waals surface area contributed by atoms with Crippen molar-refractivity contribution in [1.82, 2.24) is 0 Å². The molecule has 11 nitrogen and oxygen atoms in total. The molecule has 0 aromatic carbocycles. The first kappa shape index (κ1) is 19.9. The van der Waals surface area contributed by atoms with Crippen LogP contribution in [0.5, 0.6) is 0 Å². The van der Waals surface area contributed by atoms with Crippen LogP contribution in [0.3, 0.4) is 0 Å². The van der Waals surface area contributed by atoms with Gasteiger partial charge in [0.1, 0.15) is 18.3 Å². The van der Waals surface area contributed by atoms with E-state index in [-0.39, 0.29) is 12.3 Å². The second-order valence-electron chi connectivity index (χ2n) is 7.00. The van der Waals surface area contributed by atoms with Crippen molar-refractivity contribution in [2.75, 3.05) is 6.61 Å². The molecular weight excluding hydrogens is 356 g/mol. The highest BCUT2D eigenvalue weighted by atomic mass is 16.8. The Kier molecular flexibility index (Phi) is 5.31. The lowest BCUT2D eigenvalue weighted by Gasteiger charge is -2.47. The van der Waals surface area contributed by atoms with Gasteiger partial charge in [-0.25, -0.2) is 0 Å². The summed E-state index contributed by atoms with van der Waals surface area (Å²) in [7, 11) is 0. The summed E-state index contributed by atoms with van der Waals surface area (Å²) in [5.41, 5.74) is -1.51. The zero-order valence-electron chi connectivity index (χ0n) is 13.7. The van der Waals surface area contributed by atoms with Gasteiger partial charge in [-0.15, -0.1) is 0 Å². The number of hydrogen-bond acceptors (Lipinski definition) is 11. The van der Waals surface area contributed by atoms with E-state index in [0.29, 0.717) is 6.42 Å². The summed E-state index contributed by atoms with van der Waals surface area (Å²) < 4.78 is 15.7. The van der Waals surface area contributed by atoms with Gasteiger partial charge in [0.05, 0.1) is 24.4 Å². The van der Waals surface area contributed by atoms with E-state index in [4.69, 9.17) is 14.2 Å². The van der Waals surface area contributed by atoms with E-state index in [2.05, 4.69) is 0 Å². The lowest BCUT2D eigenvalue weighted by atomic mass is 9.84. The fourth-order valence-corrected chi connectivity index (χ4v) is 3.81. The van der Waals surface area contributed by atoms with E-state index in [9.17, 15) is 40.9 Å². The number of hydrogen-bond donors (Lipinski definition) is 8. The Morgan fingerprint density at radius 3 is 2.42 bits per heavy atom. The molecule has 2 aliphatic heterocycles. The molecule has 1 saturated heterocycles. The van der Waals surface area contributed by atoms with Gasteiger partial charge in [0, 0.05) is 0 Å². The molecule has 26 heavy (non-hydrogen) atoms. The smallest absolute Gasteiger partial charge is 0.249 e. The molecule has 1 aliphatic carbocycles. The third-order valence-electron chi connectivity index (χ3n) is 5.42. The van der Waals surface area contributed by atoms with Crippen molar-refractivity contribution in [2.24, 2.45) is 11.8 Å². The summed E-state index contributed by atoms with van der Waals surface area (Å²) in [6, 6.07) is 0. The monoisotopic (exact) mass is 380 g/mol. The van der Waals surface area contributed by atoms with Crippen molar-refractivity contribution < 1.29 is 55.1 Å². The molecule has 0 radical (unpaired) electrons. The summed E-state index contributed by atoms with van der Waals surface area (Å²) >= 11 is 0. The molecular formula is C15H24O11. The van der Waals surface area contributed by atoms with E-state index >= 15 is 0 Å². The Bertz CT molecular complexity index is 542. The van der Waals surface area contributed by atoms with Crippen molar-refractivity contribution in [3.63, 3.8) is 0 Å². The van der Waals surface area contributed by atoms with Gasteiger partial charge in [-0.05, 0) is 24.8 Å². The second kappa shape index (κ2) is 6.95. The van der Waals surface area contributed by atoms with E-state index in [1.54, 1.807) is 6.08 Å². The first-order valence-corrected chi connectivity index (χ1v) is 8.25. The first-order chi connectivity index (χ1) is 12.1. The maximum absolute atomic E-state index is 10.6. The van der Waals surface area contributed by atoms with Crippen LogP contribution in [0.4, 0.5) is 0 Å². The largest absolute Gasteiger partial charge is 0.472 e. The average molecular weight is 380 g/mol. The lowest BCUT2D eigenvalue weighted by molar-refractivity contribution is -0.447. The minimum atomic E-state index is -3.02. The van der Waals surface area contributed by atoms with Gasteiger partial charge in [0.15, 0.2) is 6.29 Å². The van der Waals surface area contributed by atoms with E-state index in [1.807, 2.05) is 0 Å². The predicted molar refractivity (Wildman–Crippen MR) is 79.4 cm³/mol. The minimum absolute atomic E-state index is 0.190. The van der Waals surface area contributed by atoms with Crippen LogP contribution in [0.25, 0.3) is 0 Å². The summed E-state index contributed by atoms with van der Waals surface area (Å²) in [5.74, 6) is -3.94. The normalized spacial score (nSPS) is 51.3. The standard InChI is InChI=1S/C15H24O11/c16-5-14(22)3-1-6-2-4-24-11(7(6)14)25-12-9(18)8(17)10(19)15(23,26-12)13(20)21/h2,4,6-13,16-23H,1,3,5H2/t6-,7-,8-,9-,10+,11?,12+,14-,15+/m1/s1. The van der Waals surface area contributed by atoms with E-state index < -0.39 is 61.1 Å². The Labute approximate surface area is 148 Å². The highest BCUT2D eigenvalue weighted by Gasteiger charge is 2.59. The third-order valence-corrected chi connectivity index (χ3v) is 5.42. The number of aliphatic hydroxyl groups is 8. The molecule has 2 heterocycles. The topological polar surface area (TPSA) is 190 Å². The van der Waals surface area contributed by atoms with Gasteiger partial charge in [-0.2, -0.15) is 0 Å². The third kappa shape index (κ3) is 3.03. The molecule has 0 aromatic rings. The first-order valence-electron chi connectivity index (χ1n) is 8.25. The van der Waals surface area contributed by atoms with Gasteiger partial charge < -0.3 is 55.1 Å². The molecule has 150 valence electrons. The summed E-state index contributed by atoms with van der Waals surface area (Å²) in [5, 5.41) is 78.4. The molecule has 9 atom stereocenters. The Morgan fingerprint density at radius 1 is 1.12 bits per heavy atom. The van der Waals surface area contributed by atoms with Crippen LogP contribution < -0.4 is 0 Å². The Hall–Kier alpha value is -0.860. The Balaban J connectivity index is 1.81. The van der Waals surface area contributed by atoms with Crippen LogP contribution >= 0.6 is 0 Å². The van der Waals surface area contributed by atoms with Crippen LogP contribution in [0, 0.1) is 11.8 Å². The summed E-state index contributed by atoms with van der Waals surface area (Å²) in [6.45, 7) is -0.556. The molecule has 0 bridgehead atoms. The van der Waals surface area contributed by atoms with E-state index in [0.717, 1.165) is 0 Å². The van der Waals surface area contributed by atoms with Crippen molar-refractivity contribution in [3.8, 4) is 0 Å². The molecule has 11 heteroatoms. The number of fused-ring (bicyclic) bond motifs is 1. The Morgan fingerprint density at radius 2 is 1.81 bits per heavy atom. The molecule has 2 fully saturated rings. The zero-order chi connectivity index (χ0) is 19.3. The number of aliphatic hydroxyl groups excluding tert-OH is 5. The molecule has 3 aliphatic rings. The van der Waals surface area contributed by atoms with Gasteiger partial charge in [-0.3, -0.25) is 0 Å². The molecule has 0 spiro atoms. The van der Waals surface area contributed by atoms with Crippen molar-refractivity contribution in [3.05, 3.63) is 12.3 Å². The summed E-state index contributed by atoms with van der Waals surface area (Å²) in [6.07, 6.45) is -7.91. The molecule has 1 unspecified atom stereocenters. The van der Waals surface area contributed by atoms with Crippen LogP contribution in [0.2, 0.25) is 0 Å². The predicted octanol–water partition coefficient (Wildman–Crippen LogP) is -3.94. The summed E-state index contributed by atoms with van der Waals surface area (Å²) in [4.78, 5) is 0. The van der Waals surface area contributed by atoms with Crippen molar-refractivity contribution in [1.29, 1.82) is 0 Å². The molecule has 8 N–H and O–H groups in total. The maximum atomic E-state index is 10.6. The number of rotatable bonds is 4. The van der Waals surface area contributed by atoms with Crippen LogP contribution in [0.1, 0.15) is 12.8 Å². The quantitative estimate of drug-likeness (QED) is 0.222. The molecule has 0 aromatic heterocycles. The highest BCUT2D eigenvalue weighted by molar-refractivity contribution is 5.07. The minimum Gasteiger partial charge on any atom is -0.472 e. The highest BCUT2D eigenvalue weighted by Crippen LogP contribution is 2.46. The van der Waals surface area contributed by atoms with Crippen LogP contribution in [0.15, 0.2) is 12.3 Å². The van der Waals surface area contributed by atoms with Crippen molar-refractivity contribution in [2.45, 2.75) is 61.4 Å². The molecule has 0 amide bonds. The maximum Gasteiger partial charge on any atom is 0.249 e. The van der Waals surface area contributed by atoms with Gasteiger partial charge in [0.25, 0.3) is 0 Å². The van der Waals surface area contributed by atoms with Crippen molar-refractivity contribution >= 4 is 0 Å². The average Bonchev–Trinajstić information content (AvgIpc) is 2.96. The van der Waals surface area contributed by atoms with Gasteiger partial charge >= 0.3 is 0 Å². The number of allylic oxidation sites excluding steroid dienone is 1. The van der Waals surface area contributed by atoms with Gasteiger partial charge in [-0.1, -0.05) is 0 Å². The second-order valence-corrected chi connectivity index (χ2v) is 7.00. The molecule has 1 saturated carbocycles. The SMILES string of the molecule is OC[C@]1(O)CC[C@@H]2C=COC(O[C@H]3O[C@](O)(C(O)O)[C@@H](O)[C@H](O)[C@H]3O)[C@@H]21. The van der Waals surface area contributed by atoms with Crippen LogP contribution in [-0.2, 0) is 14.2 Å². The molecule has 3 rings (SSSR count). The fourth-order valence-electron chi connectivity index (χ4n) is 3.81.